The van der Waals surface area contributed by atoms with E-state index in [0.29, 0.717) is 0 Å². The van der Waals surface area contributed by atoms with Crippen molar-refractivity contribution in [3.63, 3.8) is 0 Å². The molecule has 0 aromatic heterocycles. The molecule has 0 atom stereocenters. The molecule has 0 amide bonds. The summed E-state index contributed by atoms with van der Waals surface area (Å²) in [6, 6.07) is 0. The summed E-state index contributed by atoms with van der Waals surface area (Å²) in [6.07, 6.45) is 4.86. The summed E-state index contributed by atoms with van der Waals surface area (Å²) in [7, 11) is 0. The Morgan fingerprint density at radius 2 is 2.30 bits per heavy atom. The number of allylic oxidation sites excluding steroid dienone is 2. The molecular formula is C8H12IN. The number of hydrogen-bond acceptors (Lipinski definition) is 1. The Morgan fingerprint density at radius 1 is 1.70 bits per heavy atom. The van der Waals surface area contributed by atoms with Crippen LogP contribution in [0.25, 0.3) is 0 Å². The van der Waals surface area contributed by atoms with Gasteiger partial charge in [0.05, 0.1) is 3.70 Å². The normalized spacial score (nSPS) is 13.5. The van der Waals surface area contributed by atoms with Crippen molar-refractivity contribution in [2.75, 3.05) is 0 Å². The summed E-state index contributed by atoms with van der Waals surface area (Å²) in [5, 5.41) is 0. The maximum atomic E-state index is 4.23. The zero-order valence-electron chi connectivity index (χ0n) is 6.39. The lowest BCUT2D eigenvalue weighted by Crippen LogP contribution is -1.81. The molecule has 0 saturated carbocycles. The van der Waals surface area contributed by atoms with Gasteiger partial charge in [-0.1, -0.05) is 19.6 Å². The predicted octanol–water partition coefficient (Wildman–Crippen LogP) is 3.32. The van der Waals surface area contributed by atoms with Crippen LogP contribution in [0.3, 0.4) is 0 Å². The minimum Gasteiger partial charge on any atom is -0.248 e. The fraction of sp³-hybridized carbons (Fsp3) is 0.375. The van der Waals surface area contributed by atoms with Crippen molar-refractivity contribution in [1.82, 2.24) is 0 Å². The zero-order valence-corrected chi connectivity index (χ0v) is 8.55. The average molecular weight is 249 g/mol. The third kappa shape index (κ3) is 4.73. The van der Waals surface area contributed by atoms with Gasteiger partial charge in [0.2, 0.25) is 0 Å². The van der Waals surface area contributed by atoms with Crippen molar-refractivity contribution in [2.45, 2.75) is 20.3 Å². The van der Waals surface area contributed by atoms with Crippen molar-refractivity contribution >= 4 is 28.3 Å². The molecule has 1 nitrogen and oxygen atoms in total. The van der Waals surface area contributed by atoms with Crippen molar-refractivity contribution in [3.05, 3.63) is 22.4 Å². The van der Waals surface area contributed by atoms with Gasteiger partial charge < -0.3 is 0 Å². The third-order valence-corrected chi connectivity index (χ3v) is 1.63. The summed E-state index contributed by atoms with van der Waals surface area (Å²) >= 11 is 2.21. The monoisotopic (exact) mass is 249 g/mol. The number of hydrogen-bond donors (Lipinski definition) is 0. The Bertz CT molecular complexity index is 168. The fourth-order valence-electron chi connectivity index (χ4n) is 0.428. The molecule has 0 heterocycles. The van der Waals surface area contributed by atoms with Crippen LogP contribution in [-0.4, -0.2) is 5.71 Å². The van der Waals surface area contributed by atoms with Gasteiger partial charge in [-0.15, -0.1) is 0 Å². The molecule has 0 unspecified atom stereocenters. The molecule has 0 bridgehead atoms. The fourth-order valence-corrected chi connectivity index (χ4v) is 1.25. The highest BCUT2D eigenvalue weighted by atomic mass is 127. The molecule has 56 valence electrons. The number of halogens is 1. The molecule has 0 aliphatic rings. The van der Waals surface area contributed by atoms with Crippen molar-refractivity contribution in [2.24, 2.45) is 4.99 Å². The Hall–Kier alpha value is -0.120. The van der Waals surface area contributed by atoms with Gasteiger partial charge in [-0.25, -0.2) is 4.99 Å². The first kappa shape index (κ1) is 9.88. The van der Waals surface area contributed by atoms with Crippen LogP contribution in [0.2, 0.25) is 0 Å². The van der Waals surface area contributed by atoms with E-state index in [2.05, 4.69) is 47.2 Å². The van der Waals surface area contributed by atoms with Crippen molar-refractivity contribution < 1.29 is 0 Å². The summed E-state index contributed by atoms with van der Waals surface area (Å²) in [5.41, 5.74) is 0.967. The van der Waals surface area contributed by atoms with E-state index in [1.165, 1.54) is 0 Å². The van der Waals surface area contributed by atoms with E-state index in [1.807, 2.05) is 6.92 Å². The number of nitrogens with zero attached hydrogens (tertiary/aromatic N) is 1. The van der Waals surface area contributed by atoms with Crippen LogP contribution < -0.4 is 0 Å². The summed E-state index contributed by atoms with van der Waals surface area (Å²) < 4.78 is 1.04. The second-order valence-electron chi connectivity index (χ2n) is 1.89. The lowest BCUT2D eigenvalue weighted by atomic mass is 10.4. The highest BCUT2D eigenvalue weighted by Gasteiger charge is 1.84. The Balaban J connectivity index is 4.11. The summed E-state index contributed by atoms with van der Waals surface area (Å²) in [6.45, 7) is 7.65. The SMILES string of the molecule is C=C/C(C)=N\C(I)=C/CC. The first-order chi connectivity index (χ1) is 4.70. The van der Waals surface area contributed by atoms with E-state index in [-0.39, 0.29) is 0 Å². The van der Waals surface area contributed by atoms with Gasteiger partial charge in [0.15, 0.2) is 0 Å². The highest BCUT2D eigenvalue weighted by molar-refractivity contribution is 14.1. The molecule has 10 heavy (non-hydrogen) atoms. The largest absolute Gasteiger partial charge is 0.248 e. The van der Waals surface area contributed by atoms with Crippen LogP contribution >= 0.6 is 22.6 Å². The van der Waals surface area contributed by atoms with Gasteiger partial charge >= 0.3 is 0 Å². The minimum absolute atomic E-state index is 0.967. The van der Waals surface area contributed by atoms with E-state index in [0.717, 1.165) is 15.8 Å². The van der Waals surface area contributed by atoms with Crippen LogP contribution in [0, 0.1) is 0 Å². The van der Waals surface area contributed by atoms with Crippen molar-refractivity contribution in [1.29, 1.82) is 0 Å². The quantitative estimate of drug-likeness (QED) is 0.413. The van der Waals surface area contributed by atoms with Crippen LogP contribution in [-0.2, 0) is 0 Å². The smallest absolute Gasteiger partial charge is 0.0972 e. The number of aliphatic imine (C=N–C) groups is 1. The van der Waals surface area contributed by atoms with E-state index < -0.39 is 0 Å². The maximum absolute atomic E-state index is 4.23. The van der Waals surface area contributed by atoms with Crippen LogP contribution in [0.1, 0.15) is 20.3 Å². The van der Waals surface area contributed by atoms with Gasteiger partial charge in [-0.2, -0.15) is 0 Å². The molecule has 0 aliphatic heterocycles. The molecule has 0 aliphatic carbocycles. The average Bonchev–Trinajstić information content (AvgIpc) is 1.88. The van der Waals surface area contributed by atoms with Gasteiger partial charge in [0.25, 0.3) is 0 Å². The zero-order chi connectivity index (χ0) is 7.98. The van der Waals surface area contributed by atoms with E-state index in [4.69, 9.17) is 0 Å². The number of rotatable bonds is 3. The molecule has 0 fully saturated rings. The molecule has 0 aromatic carbocycles. The summed E-state index contributed by atoms with van der Waals surface area (Å²) in [4.78, 5) is 4.23. The van der Waals surface area contributed by atoms with Gasteiger partial charge in [0.1, 0.15) is 0 Å². The minimum atomic E-state index is 0.967. The van der Waals surface area contributed by atoms with Crippen LogP contribution in [0.4, 0.5) is 0 Å². The third-order valence-electron chi connectivity index (χ3n) is 0.951. The Kier molecular flexibility index (Phi) is 5.58. The van der Waals surface area contributed by atoms with E-state index in [9.17, 15) is 0 Å². The maximum Gasteiger partial charge on any atom is 0.0972 e. The topological polar surface area (TPSA) is 12.4 Å². The van der Waals surface area contributed by atoms with Crippen molar-refractivity contribution in [3.8, 4) is 0 Å². The molecule has 0 N–H and O–H groups in total. The first-order valence-electron chi connectivity index (χ1n) is 3.24. The van der Waals surface area contributed by atoms with Gasteiger partial charge in [-0.3, -0.25) is 0 Å². The molecule has 0 radical (unpaired) electrons. The molecule has 0 spiro atoms. The molecule has 2 heteroatoms. The van der Waals surface area contributed by atoms with E-state index >= 15 is 0 Å². The molecule has 0 rings (SSSR count). The second-order valence-corrected chi connectivity index (χ2v) is 3.00. The standard InChI is InChI=1S/C8H12IN/c1-4-6-8(9)10-7(3)5-2/h5-6H,2,4H2,1,3H3/b8-6-,10-7-. The molecule has 0 aromatic rings. The van der Waals surface area contributed by atoms with Gasteiger partial charge in [-0.05, 0) is 42.0 Å². The Labute approximate surface area is 76.1 Å². The molecular weight excluding hydrogens is 237 g/mol. The predicted molar refractivity (Wildman–Crippen MR) is 55.7 cm³/mol. The van der Waals surface area contributed by atoms with E-state index in [1.54, 1.807) is 6.08 Å². The second kappa shape index (κ2) is 5.65. The molecule has 0 saturated heterocycles. The van der Waals surface area contributed by atoms with Gasteiger partial charge in [0, 0.05) is 5.71 Å². The summed E-state index contributed by atoms with van der Waals surface area (Å²) in [5.74, 6) is 0. The van der Waals surface area contributed by atoms with Crippen LogP contribution in [0.5, 0.6) is 0 Å². The van der Waals surface area contributed by atoms with Crippen LogP contribution in [0.15, 0.2) is 27.4 Å². The first-order valence-corrected chi connectivity index (χ1v) is 4.32. The lowest BCUT2D eigenvalue weighted by Gasteiger charge is -1.90. The lowest BCUT2D eigenvalue weighted by molar-refractivity contribution is 1.21. The highest BCUT2D eigenvalue weighted by Crippen LogP contribution is 2.08. The Morgan fingerprint density at radius 3 is 2.70 bits per heavy atom.